The van der Waals surface area contributed by atoms with E-state index in [-0.39, 0.29) is 0 Å². The molecule has 2 atom stereocenters. The van der Waals surface area contributed by atoms with Crippen molar-refractivity contribution in [1.29, 1.82) is 0 Å². The lowest BCUT2D eigenvalue weighted by molar-refractivity contribution is 0.124. The molecule has 1 saturated heterocycles. The first-order chi connectivity index (χ1) is 9.86. The third-order valence-corrected chi connectivity index (χ3v) is 4.96. The van der Waals surface area contributed by atoms with E-state index < -0.39 is 0 Å². The lowest BCUT2D eigenvalue weighted by atomic mass is 10.00. The summed E-state index contributed by atoms with van der Waals surface area (Å²) >= 11 is 0. The molecule has 2 unspecified atom stereocenters. The minimum atomic E-state index is 0.514. The summed E-state index contributed by atoms with van der Waals surface area (Å²) < 4.78 is 0. The van der Waals surface area contributed by atoms with Crippen LogP contribution in [0.25, 0.3) is 0 Å². The lowest BCUT2D eigenvalue weighted by Crippen LogP contribution is -2.52. The second-order valence-electron chi connectivity index (χ2n) is 6.51. The number of rotatable bonds is 6. The van der Waals surface area contributed by atoms with Gasteiger partial charge in [-0.05, 0) is 37.3 Å². The van der Waals surface area contributed by atoms with Crippen LogP contribution in [0.2, 0.25) is 0 Å². The van der Waals surface area contributed by atoms with E-state index in [0.717, 1.165) is 18.5 Å². The van der Waals surface area contributed by atoms with Crippen molar-refractivity contribution in [2.45, 2.75) is 51.1 Å². The zero-order chi connectivity index (χ0) is 13.8. The highest BCUT2D eigenvalue weighted by atomic mass is 15.2. The van der Waals surface area contributed by atoms with Crippen molar-refractivity contribution < 1.29 is 0 Å². The van der Waals surface area contributed by atoms with E-state index >= 15 is 0 Å². The number of nitrogens with one attached hydrogen (secondary N) is 1. The molecular formula is C18H28N2. The third kappa shape index (κ3) is 3.62. The Bertz CT molecular complexity index is 399. The van der Waals surface area contributed by atoms with Crippen LogP contribution < -0.4 is 5.32 Å². The Hall–Kier alpha value is -0.860. The van der Waals surface area contributed by atoms with E-state index in [0.29, 0.717) is 6.04 Å². The van der Waals surface area contributed by atoms with E-state index in [1.54, 1.807) is 0 Å². The van der Waals surface area contributed by atoms with Gasteiger partial charge in [-0.15, -0.1) is 0 Å². The summed E-state index contributed by atoms with van der Waals surface area (Å²) in [4.78, 5) is 2.73. The molecule has 1 aromatic rings. The summed E-state index contributed by atoms with van der Waals surface area (Å²) in [6.07, 6.45) is 7.09. The average molecular weight is 272 g/mol. The highest BCUT2D eigenvalue weighted by Gasteiger charge is 2.28. The first-order valence-corrected chi connectivity index (χ1v) is 8.39. The van der Waals surface area contributed by atoms with Crippen LogP contribution in [-0.4, -0.2) is 30.6 Å². The number of piperazine rings is 1. The van der Waals surface area contributed by atoms with Crippen molar-refractivity contribution >= 4 is 0 Å². The Kier molecular flexibility index (Phi) is 4.74. The predicted molar refractivity (Wildman–Crippen MR) is 84.8 cm³/mol. The van der Waals surface area contributed by atoms with Gasteiger partial charge in [0.15, 0.2) is 0 Å². The van der Waals surface area contributed by atoms with Crippen molar-refractivity contribution in [3.63, 3.8) is 0 Å². The van der Waals surface area contributed by atoms with Crippen LogP contribution in [0.4, 0.5) is 0 Å². The quantitative estimate of drug-likeness (QED) is 0.851. The zero-order valence-electron chi connectivity index (χ0n) is 12.7. The van der Waals surface area contributed by atoms with Gasteiger partial charge in [-0.25, -0.2) is 0 Å². The second kappa shape index (κ2) is 6.73. The van der Waals surface area contributed by atoms with Gasteiger partial charge in [0.05, 0.1) is 0 Å². The maximum absolute atomic E-state index is 3.74. The van der Waals surface area contributed by atoms with Gasteiger partial charge in [0.1, 0.15) is 0 Å². The molecule has 2 fully saturated rings. The van der Waals surface area contributed by atoms with E-state index in [1.807, 2.05) is 0 Å². The maximum atomic E-state index is 3.74. The molecule has 0 aromatic heterocycles. The lowest BCUT2D eigenvalue weighted by Gasteiger charge is -2.40. The minimum absolute atomic E-state index is 0.514. The average Bonchev–Trinajstić information content (AvgIpc) is 3.32. The van der Waals surface area contributed by atoms with Crippen LogP contribution in [0.3, 0.4) is 0 Å². The number of hydrogen-bond donors (Lipinski definition) is 1. The van der Waals surface area contributed by atoms with Gasteiger partial charge in [0.2, 0.25) is 0 Å². The fraction of sp³-hybridized carbons (Fsp3) is 0.667. The number of nitrogens with zero attached hydrogens (tertiary/aromatic N) is 1. The fourth-order valence-corrected chi connectivity index (χ4v) is 3.43. The Morgan fingerprint density at radius 1 is 1.20 bits per heavy atom. The van der Waals surface area contributed by atoms with Crippen LogP contribution >= 0.6 is 0 Å². The molecule has 2 nitrogen and oxygen atoms in total. The van der Waals surface area contributed by atoms with Gasteiger partial charge in [-0.3, -0.25) is 4.90 Å². The van der Waals surface area contributed by atoms with Gasteiger partial charge in [0, 0.05) is 25.2 Å². The Morgan fingerprint density at radius 2 is 2.00 bits per heavy atom. The molecule has 0 spiro atoms. The molecule has 0 amide bonds. The monoisotopic (exact) mass is 272 g/mol. The normalized spacial score (nSPS) is 27.6. The van der Waals surface area contributed by atoms with E-state index in [9.17, 15) is 0 Å². The smallest absolute Gasteiger partial charge is 0.0449 e. The largest absolute Gasteiger partial charge is 0.307 e. The van der Waals surface area contributed by atoms with Crippen molar-refractivity contribution in [3.05, 3.63) is 35.9 Å². The number of hydrogen-bond acceptors (Lipinski definition) is 2. The Balaban J connectivity index is 1.56. The van der Waals surface area contributed by atoms with Crippen LogP contribution in [-0.2, 0) is 0 Å². The Morgan fingerprint density at radius 3 is 2.70 bits per heavy atom. The summed E-state index contributed by atoms with van der Waals surface area (Å²) in [7, 11) is 0. The minimum Gasteiger partial charge on any atom is -0.307 e. The summed E-state index contributed by atoms with van der Waals surface area (Å²) in [5.74, 6) is 1.07. The van der Waals surface area contributed by atoms with Crippen molar-refractivity contribution in [2.75, 3.05) is 19.6 Å². The molecule has 1 aliphatic carbocycles. The van der Waals surface area contributed by atoms with Gasteiger partial charge < -0.3 is 5.32 Å². The topological polar surface area (TPSA) is 15.3 Å². The van der Waals surface area contributed by atoms with Gasteiger partial charge in [0.25, 0.3) is 0 Å². The molecule has 110 valence electrons. The molecule has 2 heteroatoms. The SMILES string of the molecule is CCC1CNC(c2ccccc2)CN1CCCC1CC1. The highest BCUT2D eigenvalue weighted by Crippen LogP contribution is 2.33. The molecular weight excluding hydrogens is 244 g/mol. The predicted octanol–water partition coefficient (Wildman–Crippen LogP) is 3.60. The summed E-state index contributed by atoms with van der Waals surface area (Å²) in [5, 5.41) is 3.74. The summed E-state index contributed by atoms with van der Waals surface area (Å²) in [5.41, 5.74) is 1.44. The van der Waals surface area contributed by atoms with Crippen molar-refractivity contribution in [1.82, 2.24) is 10.2 Å². The molecule has 0 radical (unpaired) electrons. The first kappa shape index (κ1) is 14.1. The fourth-order valence-electron chi connectivity index (χ4n) is 3.43. The van der Waals surface area contributed by atoms with Crippen LogP contribution in [0, 0.1) is 5.92 Å². The Labute approximate surface area is 123 Å². The molecule has 0 bridgehead atoms. The molecule has 1 heterocycles. The van der Waals surface area contributed by atoms with Crippen molar-refractivity contribution in [2.24, 2.45) is 5.92 Å². The molecule has 2 aliphatic rings. The van der Waals surface area contributed by atoms with Gasteiger partial charge >= 0.3 is 0 Å². The maximum Gasteiger partial charge on any atom is 0.0449 e. The molecule has 1 aliphatic heterocycles. The van der Waals surface area contributed by atoms with Crippen molar-refractivity contribution in [3.8, 4) is 0 Å². The van der Waals surface area contributed by atoms with E-state index in [2.05, 4.69) is 47.5 Å². The van der Waals surface area contributed by atoms with Gasteiger partial charge in [-0.1, -0.05) is 50.1 Å². The molecule has 1 saturated carbocycles. The molecule has 1 aromatic carbocycles. The van der Waals surface area contributed by atoms with Crippen LogP contribution in [0.1, 0.15) is 50.6 Å². The van der Waals surface area contributed by atoms with E-state index in [4.69, 9.17) is 0 Å². The highest BCUT2D eigenvalue weighted by molar-refractivity contribution is 5.20. The standard InChI is InChI=1S/C18H28N2/c1-2-17-13-19-18(16-8-4-3-5-9-16)14-20(17)12-6-7-15-10-11-15/h3-5,8-9,15,17-19H,2,6-7,10-14H2,1H3. The molecule has 3 rings (SSSR count). The summed E-state index contributed by atoms with van der Waals surface area (Å²) in [6, 6.07) is 12.2. The second-order valence-corrected chi connectivity index (χ2v) is 6.51. The first-order valence-electron chi connectivity index (χ1n) is 8.39. The molecule has 1 N–H and O–H groups in total. The number of benzene rings is 1. The van der Waals surface area contributed by atoms with Gasteiger partial charge in [-0.2, -0.15) is 0 Å². The van der Waals surface area contributed by atoms with Crippen LogP contribution in [0.5, 0.6) is 0 Å². The van der Waals surface area contributed by atoms with Crippen LogP contribution in [0.15, 0.2) is 30.3 Å². The third-order valence-electron chi connectivity index (χ3n) is 4.96. The molecule has 20 heavy (non-hydrogen) atoms. The summed E-state index contributed by atoms with van der Waals surface area (Å²) in [6.45, 7) is 5.93. The zero-order valence-corrected chi connectivity index (χ0v) is 12.7. The van der Waals surface area contributed by atoms with E-state index in [1.165, 1.54) is 50.8 Å².